The van der Waals surface area contributed by atoms with E-state index >= 15 is 0 Å². The summed E-state index contributed by atoms with van der Waals surface area (Å²) in [5.74, 6) is -0.453. The van der Waals surface area contributed by atoms with Gasteiger partial charge in [-0.25, -0.2) is 9.82 Å². The second kappa shape index (κ2) is 9.60. The van der Waals surface area contributed by atoms with Gasteiger partial charge in [-0.15, -0.1) is 0 Å². The van der Waals surface area contributed by atoms with E-state index in [0.717, 1.165) is 43.3 Å². The third kappa shape index (κ3) is 6.43. The Kier molecular flexibility index (Phi) is 6.92. The van der Waals surface area contributed by atoms with Gasteiger partial charge in [0.2, 0.25) is 0 Å². The van der Waals surface area contributed by atoms with Gasteiger partial charge in [0, 0.05) is 37.7 Å². The van der Waals surface area contributed by atoms with Crippen molar-refractivity contribution >= 4 is 23.7 Å². The summed E-state index contributed by atoms with van der Waals surface area (Å²) < 4.78 is 12.8. The lowest BCUT2D eigenvalue weighted by molar-refractivity contribution is -0.122. The Balaban J connectivity index is 1.37. The van der Waals surface area contributed by atoms with Crippen molar-refractivity contribution in [2.75, 3.05) is 32.7 Å². The van der Waals surface area contributed by atoms with E-state index in [1.54, 1.807) is 12.1 Å². The van der Waals surface area contributed by atoms with Crippen molar-refractivity contribution in [2.45, 2.75) is 6.54 Å². The first-order valence-corrected chi connectivity index (χ1v) is 9.23. The number of benzene rings is 2. The molecule has 2 aromatic carbocycles. The summed E-state index contributed by atoms with van der Waals surface area (Å²) in [4.78, 5) is 16.5. The Bertz CT molecular complexity index is 772. The number of hydrogen-bond donors (Lipinski definition) is 1. The smallest absolute Gasteiger partial charge is 0.254 e. The molecule has 1 heterocycles. The van der Waals surface area contributed by atoms with E-state index < -0.39 is 0 Å². The first-order chi connectivity index (χ1) is 13.1. The number of nitrogens with one attached hydrogen (secondary N) is 1. The van der Waals surface area contributed by atoms with Crippen LogP contribution in [0.15, 0.2) is 53.6 Å². The molecule has 3 rings (SSSR count). The van der Waals surface area contributed by atoms with Crippen molar-refractivity contribution in [3.05, 3.63) is 70.5 Å². The van der Waals surface area contributed by atoms with E-state index in [4.69, 9.17) is 11.6 Å². The van der Waals surface area contributed by atoms with Crippen LogP contribution in [0.2, 0.25) is 5.02 Å². The standard InChI is InChI=1S/C20H22ClFN4O/c21-18-5-1-17(2-6-18)14-25-9-11-26(12-10-25)15-20(27)24-23-13-16-3-7-19(22)8-4-16/h1-8,13H,9-12,14-15H2,(H,24,27)/b23-13-. The average molecular weight is 389 g/mol. The SMILES string of the molecule is O=C(CN1CCN(Cc2ccc(Cl)cc2)CC1)N/N=C\c1ccc(F)cc1. The van der Waals surface area contributed by atoms with Crippen molar-refractivity contribution in [1.82, 2.24) is 15.2 Å². The minimum Gasteiger partial charge on any atom is -0.297 e. The van der Waals surface area contributed by atoms with Crippen molar-refractivity contribution in [1.29, 1.82) is 0 Å². The maximum atomic E-state index is 12.8. The highest BCUT2D eigenvalue weighted by atomic mass is 35.5. The summed E-state index contributed by atoms with van der Waals surface area (Å²) in [5, 5.41) is 4.67. The van der Waals surface area contributed by atoms with Crippen LogP contribution in [-0.2, 0) is 11.3 Å². The highest BCUT2D eigenvalue weighted by molar-refractivity contribution is 6.30. The largest absolute Gasteiger partial charge is 0.297 e. The van der Waals surface area contributed by atoms with Crippen LogP contribution in [0.3, 0.4) is 0 Å². The number of carbonyl (C=O) groups excluding carboxylic acids is 1. The zero-order valence-electron chi connectivity index (χ0n) is 14.9. The molecule has 0 atom stereocenters. The second-order valence-electron chi connectivity index (χ2n) is 6.52. The Labute approximate surface area is 163 Å². The second-order valence-corrected chi connectivity index (χ2v) is 6.96. The molecule has 0 aliphatic carbocycles. The van der Waals surface area contributed by atoms with Crippen LogP contribution >= 0.6 is 11.6 Å². The number of carbonyl (C=O) groups is 1. The predicted octanol–water partition coefficient (Wildman–Crippen LogP) is 2.75. The number of rotatable bonds is 6. The van der Waals surface area contributed by atoms with Crippen LogP contribution < -0.4 is 5.43 Å². The molecule has 1 aliphatic heterocycles. The van der Waals surface area contributed by atoms with Gasteiger partial charge in [-0.1, -0.05) is 35.9 Å². The van der Waals surface area contributed by atoms with E-state index in [9.17, 15) is 9.18 Å². The van der Waals surface area contributed by atoms with E-state index in [1.165, 1.54) is 23.9 Å². The zero-order valence-corrected chi connectivity index (χ0v) is 15.7. The van der Waals surface area contributed by atoms with E-state index in [1.807, 2.05) is 24.3 Å². The fraction of sp³-hybridized carbons (Fsp3) is 0.300. The molecule has 5 nitrogen and oxygen atoms in total. The van der Waals surface area contributed by atoms with Crippen molar-refractivity contribution in [2.24, 2.45) is 5.10 Å². The average Bonchev–Trinajstić information content (AvgIpc) is 2.67. The predicted molar refractivity (Wildman–Crippen MR) is 105 cm³/mol. The monoisotopic (exact) mass is 388 g/mol. The summed E-state index contributed by atoms with van der Waals surface area (Å²) in [5.41, 5.74) is 4.48. The van der Waals surface area contributed by atoms with Gasteiger partial charge in [0.05, 0.1) is 12.8 Å². The molecule has 7 heteroatoms. The molecule has 1 fully saturated rings. The van der Waals surface area contributed by atoms with Crippen molar-refractivity contribution in [3.8, 4) is 0 Å². The topological polar surface area (TPSA) is 47.9 Å². The highest BCUT2D eigenvalue weighted by Crippen LogP contribution is 2.12. The molecule has 2 aromatic rings. The van der Waals surface area contributed by atoms with Crippen LogP contribution in [0.1, 0.15) is 11.1 Å². The highest BCUT2D eigenvalue weighted by Gasteiger charge is 2.18. The maximum absolute atomic E-state index is 12.8. The molecule has 0 saturated carbocycles. The van der Waals surface area contributed by atoms with Crippen LogP contribution in [0, 0.1) is 5.82 Å². The molecule has 1 amide bonds. The summed E-state index contributed by atoms with van der Waals surface area (Å²) in [6.45, 7) is 4.70. The van der Waals surface area contributed by atoms with E-state index in [2.05, 4.69) is 20.3 Å². The van der Waals surface area contributed by atoms with Gasteiger partial charge >= 0.3 is 0 Å². The van der Waals surface area contributed by atoms with Crippen LogP contribution in [0.4, 0.5) is 4.39 Å². The third-order valence-corrected chi connectivity index (χ3v) is 4.68. The van der Waals surface area contributed by atoms with E-state index in [0.29, 0.717) is 6.54 Å². The van der Waals surface area contributed by atoms with Crippen LogP contribution in [-0.4, -0.2) is 54.6 Å². The molecule has 0 unspecified atom stereocenters. The Morgan fingerprint density at radius 1 is 1.04 bits per heavy atom. The molecule has 0 spiro atoms. The van der Waals surface area contributed by atoms with Gasteiger partial charge in [0.25, 0.3) is 5.91 Å². The van der Waals surface area contributed by atoms with Gasteiger partial charge in [-0.2, -0.15) is 5.10 Å². The summed E-state index contributed by atoms with van der Waals surface area (Å²) in [7, 11) is 0. The number of amides is 1. The summed E-state index contributed by atoms with van der Waals surface area (Å²) in [6, 6.07) is 13.8. The Morgan fingerprint density at radius 3 is 2.33 bits per heavy atom. The van der Waals surface area contributed by atoms with Gasteiger partial charge < -0.3 is 0 Å². The number of hydrazone groups is 1. The van der Waals surface area contributed by atoms with E-state index in [-0.39, 0.29) is 11.7 Å². The number of hydrogen-bond acceptors (Lipinski definition) is 4. The fourth-order valence-corrected chi connectivity index (χ4v) is 3.05. The zero-order chi connectivity index (χ0) is 19.1. The molecular weight excluding hydrogens is 367 g/mol. The third-order valence-electron chi connectivity index (χ3n) is 4.42. The van der Waals surface area contributed by atoms with Crippen LogP contribution in [0.25, 0.3) is 0 Å². The normalized spacial score (nSPS) is 15.9. The molecule has 27 heavy (non-hydrogen) atoms. The number of halogens is 2. The first-order valence-electron chi connectivity index (χ1n) is 8.85. The lowest BCUT2D eigenvalue weighted by atomic mass is 10.2. The molecule has 1 saturated heterocycles. The maximum Gasteiger partial charge on any atom is 0.254 e. The molecular formula is C20H22ClFN4O. The number of nitrogens with zero attached hydrogens (tertiary/aromatic N) is 3. The minimum atomic E-state index is -0.300. The van der Waals surface area contributed by atoms with Gasteiger partial charge in [0.1, 0.15) is 5.82 Å². The van der Waals surface area contributed by atoms with Crippen molar-refractivity contribution < 1.29 is 9.18 Å². The molecule has 0 aromatic heterocycles. The van der Waals surface area contributed by atoms with Crippen LogP contribution in [0.5, 0.6) is 0 Å². The molecule has 1 N–H and O–H groups in total. The lowest BCUT2D eigenvalue weighted by Crippen LogP contribution is -2.48. The molecule has 142 valence electrons. The molecule has 0 radical (unpaired) electrons. The van der Waals surface area contributed by atoms with Gasteiger partial charge in [-0.3, -0.25) is 14.6 Å². The number of piperazine rings is 1. The summed E-state index contributed by atoms with van der Waals surface area (Å²) >= 11 is 5.92. The summed E-state index contributed by atoms with van der Waals surface area (Å²) in [6.07, 6.45) is 1.50. The van der Waals surface area contributed by atoms with Crippen molar-refractivity contribution in [3.63, 3.8) is 0 Å². The first kappa shape index (κ1) is 19.5. The Hall–Kier alpha value is -2.28. The quantitative estimate of drug-likeness (QED) is 0.611. The molecule has 0 bridgehead atoms. The fourth-order valence-electron chi connectivity index (χ4n) is 2.92. The molecule has 1 aliphatic rings. The Morgan fingerprint density at radius 2 is 1.67 bits per heavy atom. The van der Waals surface area contributed by atoms with Gasteiger partial charge in [-0.05, 0) is 35.4 Å². The minimum absolute atomic E-state index is 0.153. The lowest BCUT2D eigenvalue weighted by Gasteiger charge is -2.34. The van der Waals surface area contributed by atoms with Gasteiger partial charge in [0.15, 0.2) is 0 Å².